The van der Waals surface area contributed by atoms with Gasteiger partial charge in [-0.05, 0) is 44.6 Å². The molecule has 2 N–H and O–H groups in total. The number of likely N-dealkylation sites (N-methyl/N-ethyl adjacent to an activating group) is 1. The normalized spacial score (nSPS) is 23.6. The van der Waals surface area contributed by atoms with Crippen molar-refractivity contribution in [2.24, 2.45) is 16.3 Å². The summed E-state index contributed by atoms with van der Waals surface area (Å²) in [5.41, 5.74) is 0.466. The van der Waals surface area contributed by atoms with Crippen molar-refractivity contribution in [3.8, 4) is 0 Å². The Hall–Kier alpha value is -0.810. The number of nitrogens with zero attached hydrogens (tertiary/aromatic N) is 3. The van der Waals surface area contributed by atoms with Gasteiger partial charge in [0.15, 0.2) is 5.96 Å². The van der Waals surface area contributed by atoms with E-state index in [0.717, 1.165) is 25.6 Å². The van der Waals surface area contributed by atoms with Crippen LogP contribution in [0.5, 0.6) is 0 Å². The number of guanidine groups is 1. The average Bonchev–Trinajstić information content (AvgIpc) is 3.09. The monoisotopic (exact) mass is 351 g/mol. The van der Waals surface area contributed by atoms with Gasteiger partial charge in [-0.2, -0.15) is 0 Å². The topological polar surface area (TPSA) is 42.9 Å². The van der Waals surface area contributed by atoms with Crippen LogP contribution in [-0.2, 0) is 0 Å². The smallest absolute Gasteiger partial charge is 0.191 e. The number of hydrogen-bond acceptors (Lipinski definition) is 3. The second-order valence-electron chi connectivity index (χ2n) is 8.35. The van der Waals surface area contributed by atoms with E-state index in [4.69, 9.17) is 4.99 Å². The molecule has 0 amide bonds. The maximum atomic E-state index is 4.94. The molecule has 5 nitrogen and oxygen atoms in total. The van der Waals surface area contributed by atoms with Crippen molar-refractivity contribution in [3.05, 3.63) is 0 Å². The molecule has 2 rings (SSSR count). The number of hydrogen-bond donors (Lipinski definition) is 2. The zero-order valence-electron chi connectivity index (χ0n) is 17.1. The first-order valence-corrected chi connectivity index (χ1v) is 10.5. The molecule has 1 atom stereocenters. The first-order chi connectivity index (χ1) is 12.1. The van der Waals surface area contributed by atoms with Gasteiger partial charge in [-0.3, -0.25) is 4.99 Å². The van der Waals surface area contributed by atoms with E-state index in [0.29, 0.717) is 11.3 Å². The molecule has 1 unspecified atom stereocenters. The first-order valence-electron chi connectivity index (χ1n) is 10.5. The Balaban J connectivity index is 1.76. The summed E-state index contributed by atoms with van der Waals surface area (Å²) in [7, 11) is 2.22. The molecule has 5 heteroatoms. The van der Waals surface area contributed by atoms with E-state index in [1.54, 1.807) is 0 Å². The fourth-order valence-electron chi connectivity index (χ4n) is 4.14. The van der Waals surface area contributed by atoms with Crippen molar-refractivity contribution >= 4 is 5.96 Å². The summed E-state index contributed by atoms with van der Waals surface area (Å²) in [6.07, 6.45) is 6.74. The highest BCUT2D eigenvalue weighted by Gasteiger charge is 2.31. The predicted molar refractivity (Wildman–Crippen MR) is 108 cm³/mol. The molecule has 0 spiro atoms. The molecule has 2 aliphatic rings. The maximum absolute atomic E-state index is 4.94. The Morgan fingerprint density at radius 3 is 2.36 bits per heavy atom. The molecule has 2 fully saturated rings. The number of rotatable bonds is 8. The van der Waals surface area contributed by atoms with E-state index in [-0.39, 0.29) is 0 Å². The van der Waals surface area contributed by atoms with E-state index in [1.165, 1.54) is 64.8 Å². The lowest BCUT2D eigenvalue weighted by atomic mass is 9.84. The fraction of sp³-hybridized carbons (Fsp3) is 0.950. The molecular formula is C20H41N5. The molecule has 1 saturated heterocycles. The van der Waals surface area contributed by atoms with E-state index in [2.05, 4.69) is 48.3 Å². The highest BCUT2D eigenvalue weighted by Crippen LogP contribution is 2.41. The van der Waals surface area contributed by atoms with Gasteiger partial charge in [0.05, 0.1) is 0 Å². The zero-order valence-corrected chi connectivity index (χ0v) is 17.1. The average molecular weight is 352 g/mol. The molecule has 0 aromatic heterocycles. The molecule has 1 aliphatic carbocycles. The van der Waals surface area contributed by atoms with Gasteiger partial charge in [-0.1, -0.05) is 26.7 Å². The van der Waals surface area contributed by atoms with Gasteiger partial charge in [0.25, 0.3) is 0 Å². The molecule has 146 valence electrons. The maximum Gasteiger partial charge on any atom is 0.191 e. The molecule has 1 aliphatic heterocycles. The Morgan fingerprint density at radius 1 is 1.08 bits per heavy atom. The summed E-state index contributed by atoms with van der Waals surface area (Å²) in [5.74, 6) is 1.64. The molecule has 0 radical (unpaired) electrons. The second kappa shape index (κ2) is 10.4. The summed E-state index contributed by atoms with van der Waals surface area (Å²) < 4.78 is 0. The van der Waals surface area contributed by atoms with Gasteiger partial charge in [0.1, 0.15) is 0 Å². The van der Waals surface area contributed by atoms with Crippen LogP contribution >= 0.6 is 0 Å². The van der Waals surface area contributed by atoms with Gasteiger partial charge in [0, 0.05) is 52.4 Å². The first kappa shape index (κ1) is 20.5. The molecule has 0 aromatic carbocycles. The van der Waals surface area contributed by atoms with Crippen LogP contribution in [0.4, 0.5) is 0 Å². The van der Waals surface area contributed by atoms with E-state index in [9.17, 15) is 0 Å². The van der Waals surface area contributed by atoms with Crippen molar-refractivity contribution in [1.29, 1.82) is 0 Å². The number of piperazine rings is 1. The van der Waals surface area contributed by atoms with Crippen molar-refractivity contribution in [3.63, 3.8) is 0 Å². The van der Waals surface area contributed by atoms with Crippen LogP contribution in [0.1, 0.15) is 52.9 Å². The minimum atomic E-state index is 0.466. The molecule has 25 heavy (non-hydrogen) atoms. The Morgan fingerprint density at radius 2 is 1.76 bits per heavy atom. The van der Waals surface area contributed by atoms with Crippen LogP contribution in [0, 0.1) is 11.3 Å². The van der Waals surface area contributed by atoms with Crippen molar-refractivity contribution in [2.45, 2.75) is 52.9 Å². The van der Waals surface area contributed by atoms with Crippen LogP contribution in [-0.4, -0.2) is 75.2 Å². The van der Waals surface area contributed by atoms with Crippen molar-refractivity contribution in [1.82, 2.24) is 20.4 Å². The van der Waals surface area contributed by atoms with Gasteiger partial charge >= 0.3 is 0 Å². The van der Waals surface area contributed by atoms with Crippen LogP contribution in [0.2, 0.25) is 0 Å². The van der Waals surface area contributed by atoms with Crippen LogP contribution in [0.3, 0.4) is 0 Å². The lowest BCUT2D eigenvalue weighted by Crippen LogP contribution is -2.47. The summed E-state index contributed by atoms with van der Waals surface area (Å²) in [6, 6.07) is 0. The minimum Gasteiger partial charge on any atom is -0.357 e. The van der Waals surface area contributed by atoms with E-state index < -0.39 is 0 Å². The third-order valence-electron chi connectivity index (χ3n) is 6.11. The predicted octanol–water partition coefficient (Wildman–Crippen LogP) is 2.40. The Bertz CT molecular complexity index is 395. The van der Waals surface area contributed by atoms with Gasteiger partial charge in [-0.25, -0.2) is 0 Å². The standard InChI is InChI=1S/C20H41N5/c1-5-20(9-7-8-10-20)17-23-19(21-6-2)22-15-18(3)16-25-13-11-24(4)12-14-25/h18H,5-17H2,1-4H3,(H2,21,22,23). The van der Waals surface area contributed by atoms with Gasteiger partial charge < -0.3 is 20.4 Å². The Labute approximate surface area is 155 Å². The van der Waals surface area contributed by atoms with Gasteiger partial charge in [-0.15, -0.1) is 0 Å². The SMILES string of the molecule is CCNC(=NCC1(CC)CCCC1)NCC(C)CN1CCN(C)CC1. The molecular weight excluding hydrogens is 310 g/mol. The fourth-order valence-corrected chi connectivity index (χ4v) is 4.14. The van der Waals surface area contributed by atoms with Crippen LogP contribution in [0.15, 0.2) is 4.99 Å². The largest absolute Gasteiger partial charge is 0.357 e. The highest BCUT2D eigenvalue weighted by atomic mass is 15.2. The summed E-state index contributed by atoms with van der Waals surface area (Å²) in [5, 5.41) is 7.02. The lowest BCUT2D eigenvalue weighted by molar-refractivity contribution is 0.139. The van der Waals surface area contributed by atoms with Crippen LogP contribution < -0.4 is 10.6 Å². The third kappa shape index (κ3) is 6.78. The van der Waals surface area contributed by atoms with E-state index in [1.807, 2.05) is 0 Å². The number of nitrogens with one attached hydrogen (secondary N) is 2. The van der Waals surface area contributed by atoms with Gasteiger partial charge in [0.2, 0.25) is 0 Å². The third-order valence-corrected chi connectivity index (χ3v) is 6.11. The van der Waals surface area contributed by atoms with Crippen LogP contribution in [0.25, 0.3) is 0 Å². The quantitative estimate of drug-likeness (QED) is 0.521. The van der Waals surface area contributed by atoms with Crippen molar-refractivity contribution < 1.29 is 0 Å². The lowest BCUT2D eigenvalue weighted by Gasteiger charge is -2.34. The second-order valence-corrected chi connectivity index (χ2v) is 8.35. The summed E-state index contributed by atoms with van der Waals surface area (Å²) >= 11 is 0. The number of aliphatic imine (C=N–C) groups is 1. The molecule has 0 aromatic rings. The van der Waals surface area contributed by atoms with E-state index >= 15 is 0 Å². The zero-order chi connectivity index (χ0) is 18.1. The Kier molecular flexibility index (Phi) is 8.50. The summed E-state index contributed by atoms with van der Waals surface area (Å²) in [6.45, 7) is 15.7. The highest BCUT2D eigenvalue weighted by molar-refractivity contribution is 5.79. The van der Waals surface area contributed by atoms with Crippen molar-refractivity contribution in [2.75, 3.05) is 59.4 Å². The molecule has 1 saturated carbocycles. The molecule has 1 heterocycles. The summed E-state index contributed by atoms with van der Waals surface area (Å²) in [4.78, 5) is 9.96. The minimum absolute atomic E-state index is 0.466. The molecule has 0 bridgehead atoms.